The summed E-state index contributed by atoms with van der Waals surface area (Å²) in [6.07, 6.45) is 0. The Hall–Kier alpha value is -1.75. The highest BCUT2D eigenvalue weighted by Crippen LogP contribution is 2.27. The van der Waals surface area contributed by atoms with Gasteiger partial charge >= 0.3 is 5.97 Å². The van der Waals surface area contributed by atoms with Crippen LogP contribution in [-0.2, 0) is 4.74 Å². The van der Waals surface area contributed by atoms with E-state index in [1.54, 1.807) is 0 Å². The van der Waals surface area contributed by atoms with Gasteiger partial charge in [0.15, 0.2) is 18.3 Å². The average Bonchev–Trinajstić information content (AvgIpc) is 2.25. The Kier molecular flexibility index (Phi) is 3.93. The number of ether oxygens (including phenoxy) is 3. The summed E-state index contributed by atoms with van der Waals surface area (Å²) < 4.78 is 14.9. The molecule has 0 aromatic heterocycles. The zero-order chi connectivity index (χ0) is 11.3. The molecule has 0 radical (unpaired) electrons. The third-order valence-corrected chi connectivity index (χ3v) is 1.74. The van der Waals surface area contributed by atoms with Gasteiger partial charge < -0.3 is 19.3 Å². The highest BCUT2D eigenvalue weighted by Gasteiger charge is 2.09. The average molecular weight is 212 g/mol. The van der Waals surface area contributed by atoms with E-state index in [0.29, 0.717) is 11.5 Å². The summed E-state index contributed by atoms with van der Waals surface area (Å²) in [4.78, 5) is 10.7. The number of methoxy groups -OCH3 is 2. The second kappa shape index (κ2) is 5.21. The number of hydrogen-bond acceptors (Lipinski definition) is 4. The quantitative estimate of drug-likeness (QED) is 0.747. The zero-order valence-corrected chi connectivity index (χ0v) is 8.52. The first-order valence-corrected chi connectivity index (χ1v) is 4.22. The molecule has 1 N–H and O–H groups in total. The first kappa shape index (κ1) is 11.3. The van der Waals surface area contributed by atoms with Crippen LogP contribution in [0, 0.1) is 0 Å². The Labute approximate surface area is 87.2 Å². The van der Waals surface area contributed by atoms with Crippen molar-refractivity contribution >= 4 is 5.97 Å². The van der Waals surface area contributed by atoms with Crippen molar-refractivity contribution < 1.29 is 24.1 Å². The normalized spacial score (nSPS) is 9.73. The molecule has 15 heavy (non-hydrogen) atoms. The first-order chi connectivity index (χ1) is 7.19. The number of carboxylic acids is 1. The van der Waals surface area contributed by atoms with Gasteiger partial charge in [0.2, 0.25) is 0 Å². The Bertz CT molecular complexity index is 348. The summed E-state index contributed by atoms with van der Waals surface area (Å²) in [5.41, 5.74) is 0.150. The van der Waals surface area contributed by atoms with Crippen molar-refractivity contribution in [3.8, 4) is 11.5 Å². The third-order valence-electron chi connectivity index (χ3n) is 1.74. The van der Waals surface area contributed by atoms with Crippen LogP contribution in [0.5, 0.6) is 11.5 Å². The van der Waals surface area contributed by atoms with E-state index in [0.717, 1.165) is 0 Å². The van der Waals surface area contributed by atoms with Gasteiger partial charge in [-0.15, -0.1) is 0 Å². The van der Waals surface area contributed by atoms with Crippen LogP contribution in [0.15, 0.2) is 18.2 Å². The molecule has 0 amide bonds. The van der Waals surface area contributed by atoms with Gasteiger partial charge in [-0.3, -0.25) is 0 Å². The lowest BCUT2D eigenvalue weighted by Crippen LogP contribution is -2.02. The molecule has 0 spiro atoms. The van der Waals surface area contributed by atoms with Crippen LogP contribution >= 0.6 is 0 Å². The topological polar surface area (TPSA) is 65.0 Å². The summed E-state index contributed by atoms with van der Waals surface area (Å²) in [6, 6.07) is 4.37. The van der Waals surface area contributed by atoms with Crippen LogP contribution in [0.3, 0.4) is 0 Å². The Balaban J connectivity index is 2.93. The number of benzene rings is 1. The number of aromatic carboxylic acids is 1. The molecule has 1 aromatic rings. The van der Waals surface area contributed by atoms with E-state index in [-0.39, 0.29) is 12.4 Å². The number of carboxylic acid groups (broad SMARTS) is 1. The predicted molar refractivity (Wildman–Crippen MR) is 52.5 cm³/mol. The number of rotatable bonds is 5. The minimum absolute atomic E-state index is 0.0861. The molecule has 82 valence electrons. The number of hydrogen-bond donors (Lipinski definition) is 1. The van der Waals surface area contributed by atoms with Crippen LogP contribution in [0.4, 0.5) is 0 Å². The summed E-state index contributed by atoms with van der Waals surface area (Å²) in [6.45, 7) is 0.0861. The summed E-state index contributed by atoms with van der Waals surface area (Å²) in [5, 5.41) is 8.75. The minimum Gasteiger partial charge on any atom is -0.493 e. The fraction of sp³-hybridized carbons (Fsp3) is 0.300. The van der Waals surface area contributed by atoms with E-state index >= 15 is 0 Å². The van der Waals surface area contributed by atoms with Crippen molar-refractivity contribution in [1.29, 1.82) is 0 Å². The van der Waals surface area contributed by atoms with E-state index < -0.39 is 5.97 Å². The van der Waals surface area contributed by atoms with Crippen molar-refractivity contribution in [2.24, 2.45) is 0 Å². The lowest BCUT2D eigenvalue weighted by Gasteiger charge is -2.09. The summed E-state index contributed by atoms with van der Waals surface area (Å²) in [7, 11) is 2.94. The molecule has 0 aliphatic carbocycles. The molecule has 0 bridgehead atoms. The molecule has 0 heterocycles. The molecule has 0 unspecified atom stereocenters. The van der Waals surface area contributed by atoms with Crippen LogP contribution in [0.25, 0.3) is 0 Å². The molecular weight excluding hydrogens is 200 g/mol. The lowest BCUT2D eigenvalue weighted by atomic mass is 10.2. The van der Waals surface area contributed by atoms with E-state index in [1.807, 2.05) is 0 Å². The predicted octanol–water partition coefficient (Wildman–Crippen LogP) is 1.38. The smallest absolute Gasteiger partial charge is 0.335 e. The van der Waals surface area contributed by atoms with Gasteiger partial charge in [0.05, 0.1) is 12.7 Å². The monoisotopic (exact) mass is 212 g/mol. The van der Waals surface area contributed by atoms with E-state index in [2.05, 4.69) is 0 Å². The molecule has 1 aromatic carbocycles. The van der Waals surface area contributed by atoms with Gasteiger partial charge in [-0.1, -0.05) is 0 Å². The van der Waals surface area contributed by atoms with Crippen molar-refractivity contribution in [2.45, 2.75) is 0 Å². The number of carbonyl (C=O) groups is 1. The van der Waals surface area contributed by atoms with E-state index in [9.17, 15) is 4.79 Å². The molecule has 0 aliphatic heterocycles. The van der Waals surface area contributed by atoms with Crippen molar-refractivity contribution in [3.63, 3.8) is 0 Å². The Morgan fingerprint density at radius 1 is 1.33 bits per heavy atom. The van der Waals surface area contributed by atoms with Gasteiger partial charge in [-0.05, 0) is 18.2 Å². The van der Waals surface area contributed by atoms with E-state index in [1.165, 1.54) is 32.4 Å². The van der Waals surface area contributed by atoms with Gasteiger partial charge in [-0.2, -0.15) is 0 Å². The molecular formula is C10H12O5. The molecule has 0 atom stereocenters. The molecule has 0 saturated carbocycles. The third kappa shape index (κ3) is 2.85. The van der Waals surface area contributed by atoms with Crippen molar-refractivity contribution in [1.82, 2.24) is 0 Å². The van der Waals surface area contributed by atoms with Gasteiger partial charge in [0, 0.05) is 7.11 Å². The van der Waals surface area contributed by atoms with Crippen LogP contribution < -0.4 is 9.47 Å². The highest BCUT2D eigenvalue weighted by atomic mass is 16.7. The second-order valence-electron chi connectivity index (χ2n) is 2.72. The zero-order valence-electron chi connectivity index (χ0n) is 8.52. The Morgan fingerprint density at radius 3 is 2.60 bits per heavy atom. The fourth-order valence-electron chi connectivity index (χ4n) is 1.04. The summed E-state index contributed by atoms with van der Waals surface area (Å²) in [5.74, 6) is -0.192. The maximum absolute atomic E-state index is 10.7. The molecule has 0 fully saturated rings. The first-order valence-electron chi connectivity index (χ1n) is 4.22. The molecule has 1 rings (SSSR count). The fourth-order valence-corrected chi connectivity index (χ4v) is 1.04. The maximum Gasteiger partial charge on any atom is 0.335 e. The minimum atomic E-state index is -1.01. The standard InChI is InChI=1S/C10H12O5/c1-13-6-15-8-4-3-7(10(11)12)5-9(8)14-2/h3-5H,6H2,1-2H3,(H,11,12). The molecule has 5 nitrogen and oxygen atoms in total. The summed E-state index contributed by atoms with van der Waals surface area (Å²) >= 11 is 0. The van der Waals surface area contributed by atoms with Gasteiger partial charge in [0.1, 0.15) is 0 Å². The Morgan fingerprint density at radius 2 is 2.07 bits per heavy atom. The molecule has 0 saturated heterocycles. The van der Waals surface area contributed by atoms with Gasteiger partial charge in [0.25, 0.3) is 0 Å². The maximum atomic E-state index is 10.7. The largest absolute Gasteiger partial charge is 0.493 e. The lowest BCUT2D eigenvalue weighted by molar-refractivity contribution is 0.0491. The van der Waals surface area contributed by atoms with Crippen molar-refractivity contribution in [3.05, 3.63) is 23.8 Å². The second-order valence-corrected chi connectivity index (χ2v) is 2.72. The van der Waals surface area contributed by atoms with Crippen molar-refractivity contribution in [2.75, 3.05) is 21.0 Å². The van der Waals surface area contributed by atoms with Crippen LogP contribution in [0.2, 0.25) is 0 Å². The van der Waals surface area contributed by atoms with E-state index in [4.69, 9.17) is 19.3 Å². The van der Waals surface area contributed by atoms with Crippen LogP contribution in [0.1, 0.15) is 10.4 Å². The highest BCUT2D eigenvalue weighted by molar-refractivity contribution is 5.88. The SMILES string of the molecule is COCOc1ccc(C(=O)O)cc1OC. The van der Waals surface area contributed by atoms with Crippen LogP contribution in [-0.4, -0.2) is 32.1 Å². The molecule has 0 aliphatic rings. The molecule has 5 heteroatoms. The van der Waals surface area contributed by atoms with Gasteiger partial charge in [-0.25, -0.2) is 4.79 Å².